The molecule has 1 fully saturated rings. The summed E-state index contributed by atoms with van der Waals surface area (Å²) in [5.74, 6) is -0.0920. The largest absolute Gasteiger partial charge is 0.375 e. The summed E-state index contributed by atoms with van der Waals surface area (Å²) >= 11 is 0. The summed E-state index contributed by atoms with van der Waals surface area (Å²) in [6, 6.07) is 0. The van der Waals surface area contributed by atoms with Crippen molar-refractivity contribution in [1.29, 1.82) is 0 Å². The highest BCUT2D eigenvalue weighted by Gasteiger charge is 2.25. The number of carbonyl (C=O) groups is 1. The van der Waals surface area contributed by atoms with E-state index < -0.39 is 10.0 Å². The van der Waals surface area contributed by atoms with Gasteiger partial charge in [0.15, 0.2) is 0 Å². The number of ether oxygens (including phenoxy) is 1. The van der Waals surface area contributed by atoms with Crippen LogP contribution in [0, 0.1) is 0 Å². The molecule has 0 unspecified atom stereocenters. The Morgan fingerprint density at radius 3 is 2.20 bits per heavy atom. The van der Waals surface area contributed by atoms with Crippen LogP contribution >= 0.6 is 0 Å². The molecule has 0 radical (unpaired) electrons. The van der Waals surface area contributed by atoms with Crippen molar-refractivity contribution < 1.29 is 17.9 Å². The van der Waals surface area contributed by atoms with Gasteiger partial charge >= 0.3 is 0 Å². The van der Waals surface area contributed by atoms with Gasteiger partial charge in [0.1, 0.15) is 6.61 Å². The second kappa shape index (κ2) is 4.91. The van der Waals surface area contributed by atoms with Crippen LogP contribution in [-0.2, 0) is 19.6 Å². The third-order valence-electron chi connectivity index (χ3n) is 2.33. The quantitative estimate of drug-likeness (QED) is 0.613. The average molecular weight is 236 g/mol. The third-order valence-corrected chi connectivity index (χ3v) is 3.63. The summed E-state index contributed by atoms with van der Waals surface area (Å²) in [6.07, 6.45) is 1.18. The van der Waals surface area contributed by atoms with Gasteiger partial charge in [0.2, 0.25) is 15.9 Å². The molecule has 7 heteroatoms. The number of amides is 1. The zero-order chi connectivity index (χ0) is 11.5. The number of methoxy groups -OCH3 is 1. The molecule has 88 valence electrons. The van der Waals surface area contributed by atoms with E-state index in [1.807, 2.05) is 0 Å². The smallest absolute Gasteiger partial charge is 0.248 e. The van der Waals surface area contributed by atoms with Crippen molar-refractivity contribution >= 4 is 15.9 Å². The maximum Gasteiger partial charge on any atom is 0.248 e. The highest BCUT2D eigenvalue weighted by atomic mass is 32.2. The van der Waals surface area contributed by atoms with Gasteiger partial charge in [0.25, 0.3) is 0 Å². The molecule has 0 aliphatic carbocycles. The predicted molar refractivity (Wildman–Crippen MR) is 54.9 cm³/mol. The van der Waals surface area contributed by atoms with E-state index in [0.29, 0.717) is 26.2 Å². The summed E-state index contributed by atoms with van der Waals surface area (Å²) in [5, 5.41) is 0. The van der Waals surface area contributed by atoms with Gasteiger partial charge in [-0.1, -0.05) is 0 Å². The normalized spacial score (nSPS) is 19.2. The SMILES string of the molecule is COCC(=O)N1CCN(S(C)(=O)=O)CC1. The van der Waals surface area contributed by atoms with Gasteiger partial charge in [-0.2, -0.15) is 4.31 Å². The summed E-state index contributed by atoms with van der Waals surface area (Å²) in [7, 11) is -1.66. The topological polar surface area (TPSA) is 66.9 Å². The van der Waals surface area contributed by atoms with Gasteiger partial charge in [-0.25, -0.2) is 8.42 Å². The Labute approximate surface area is 89.8 Å². The van der Waals surface area contributed by atoms with Crippen molar-refractivity contribution in [3.05, 3.63) is 0 Å². The molecule has 0 spiro atoms. The standard InChI is InChI=1S/C8H16N2O4S/c1-14-7-8(11)9-3-5-10(6-4-9)15(2,12)13/h3-7H2,1-2H3. The molecule has 1 amide bonds. The van der Waals surface area contributed by atoms with Gasteiger partial charge in [-0.05, 0) is 0 Å². The third kappa shape index (κ3) is 3.44. The second-order valence-electron chi connectivity index (χ2n) is 3.48. The highest BCUT2D eigenvalue weighted by Crippen LogP contribution is 2.05. The molecule has 1 saturated heterocycles. The van der Waals surface area contributed by atoms with Crippen molar-refractivity contribution in [2.75, 3.05) is 46.2 Å². The van der Waals surface area contributed by atoms with Gasteiger partial charge in [-0.15, -0.1) is 0 Å². The van der Waals surface area contributed by atoms with Crippen molar-refractivity contribution in [3.63, 3.8) is 0 Å². The molecule has 0 aromatic heterocycles. The molecule has 1 rings (SSSR count). The van der Waals surface area contributed by atoms with Crippen LogP contribution in [0.2, 0.25) is 0 Å². The number of hydrogen-bond acceptors (Lipinski definition) is 4. The molecule has 6 nitrogen and oxygen atoms in total. The lowest BCUT2D eigenvalue weighted by molar-refractivity contribution is -0.136. The molecular weight excluding hydrogens is 220 g/mol. The Kier molecular flexibility index (Phi) is 4.06. The molecule has 1 aliphatic heterocycles. The molecule has 0 N–H and O–H groups in total. The van der Waals surface area contributed by atoms with Crippen LogP contribution in [0.5, 0.6) is 0 Å². The number of nitrogens with zero attached hydrogens (tertiary/aromatic N) is 2. The van der Waals surface area contributed by atoms with Gasteiger partial charge in [0, 0.05) is 33.3 Å². The highest BCUT2D eigenvalue weighted by molar-refractivity contribution is 7.88. The van der Waals surface area contributed by atoms with E-state index in [0.717, 1.165) is 0 Å². The number of sulfonamides is 1. The molecule has 0 aromatic carbocycles. The van der Waals surface area contributed by atoms with E-state index in [1.54, 1.807) is 4.90 Å². The minimum atomic E-state index is -3.12. The van der Waals surface area contributed by atoms with Crippen LogP contribution in [0.1, 0.15) is 0 Å². The summed E-state index contributed by atoms with van der Waals surface area (Å²) < 4.78 is 28.5. The fraction of sp³-hybridized carbons (Fsp3) is 0.875. The number of rotatable bonds is 3. The zero-order valence-electron chi connectivity index (χ0n) is 8.97. The Morgan fingerprint density at radius 2 is 1.80 bits per heavy atom. The zero-order valence-corrected chi connectivity index (χ0v) is 9.79. The molecular formula is C8H16N2O4S. The molecule has 0 atom stereocenters. The predicted octanol–water partition coefficient (Wildman–Crippen LogP) is -1.26. The molecule has 15 heavy (non-hydrogen) atoms. The Balaban J connectivity index is 2.46. The Morgan fingerprint density at radius 1 is 1.27 bits per heavy atom. The fourth-order valence-electron chi connectivity index (χ4n) is 1.48. The van der Waals surface area contributed by atoms with Crippen molar-refractivity contribution in [1.82, 2.24) is 9.21 Å². The van der Waals surface area contributed by atoms with Crippen LogP contribution in [0.3, 0.4) is 0 Å². The second-order valence-corrected chi connectivity index (χ2v) is 5.46. The number of hydrogen-bond donors (Lipinski definition) is 0. The van der Waals surface area contributed by atoms with Crippen LogP contribution in [-0.4, -0.2) is 69.7 Å². The molecule has 0 saturated carbocycles. The van der Waals surface area contributed by atoms with Gasteiger partial charge < -0.3 is 9.64 Å². The van der Waals surface area contributed by atoms with Crippen molar-refractivity contribution in [2.24, 2.45) is 0 Å². The van der Waals surface area contributed by atoms with E-state index >= 15 is 0 Å². The van der Waals surface area contributed by atoms with Crippen LogP contribution < -0.4 is 0 Å². The lowest BCUT2D eigenvalue weighted by Crippen LogP contribution is -2.51. The van der Waals surface area contributed by atoms with Gasteiger partial charge in [-0.3, -0.25) is 4.79 Å². The first-order valence-electron chi connectivity index (χ1n) is 4.67. The van der Waals surface area contributed by atoms with E-state index in [9.17, 15) is 13.2 Å². The Hall–Kier alpha value is -0.660. The molecule has 0 aromatic rings. The van der Waals surface area contributed by atoms with Crippen LogP contribution in [0.4, 0.5) is 0 Å². The molecule has 1 aliphatic rings. The van der Waals surface area contributed by atoms with Gasteiger partial charge in [0.05, 0.1) is 6.26 Å². The fourth-order valence-corrected chi connectivity index (χ4v) is 2.31. The summed E-state index contributed by atoms with van der Waals surface area (Å²) in [4.78, 5) is 13.0. The monoisotopic (exact) mass is 236 g/mol. The maximum absolute atomic E-state index is 11.4. The number of carbonyl (C=O) groups excluding carboxylic acids is 1. The lowest BCUT2D eigenvalue weighted by atomic mass is 10.3. The first kappa shape index (κ1) is 12.4. The Bertz CT molecular complexity index is 320. The minimum absolute atomic E-state index is 0.0544. The summed E-state index contributed by atoms with van der Waals surface area (Å²) in [5.41, 5.74) is 0. The van der Waals surface area contributed by atoms with E-state index in [-0.39, 0.29) is 12.5 Å². The summed E-state index contributed by atoms with van der Waals surface area (Å²) in [6.45, 7) is 1.67. The van der Waals surface area contributed by atoms with E-state index in [1.165, 1.54) is 17.7 Å². The van der Waals surface area contributed by atoms with Crippen LogP contribution in [0.15, 0.2) is 0 Å². The lowest BCUT2D eigenvalue weighted by Gasteiger charge is -2.33. The first-order valence-corrected chi connectivity index (χ1v) is 6.52. The van der Waals surface area contributed by atoms with E-state index in [4.69, 9.17) is 4.74 Å². The molecule has 0 bridgehead atoms. The average Bonchev–Trinajstić information content (AvgIpc) is 2.17. The van der Waals surface area contributed by atoms with Crippen molar-refractivity contribution in [3.8, 4) is 0 Å². The van der Waals surface area contributed by atoms with E-state index in [2.05, 4.69) is 0 Å². The van der Waals surface area contributed by atoms with Crippen LogP contribution in [0.25, 0.3) is 0 Å². The van der Waals surface area contributed by atoms with Crippen molar-refractivity contribution in [2.45, 2.75) is 0 Å². The molecule has 1 heterocycles. The first-order chi connectivity index (χ1) is 6.95. The number of piperazine rings is 1. The minimum Gasteiger partial charge on any atom is -0.375 e. The maximum atomic E-state index is 11.4.